The Hall–Kier alpha value is -1.80. The number of hydrogen-bond acceptors (Lipinski definition) is 5. The summed E-state index contributed by atoms with van der Waals surface area (Å²) in [6.45, 7) is 4.32. The third-order valence-corrected chi connectivity index (χ3v) is 4.34. The minimum absolute atomic E-state index is 0. The molecule has 1 aromatic carbocycles. The van der Waals surface area contributed by atoms with Gasteiger partial charge in [-0.3, -0.25) is 9.69 Å². The average molecular weight is 559 g/mol. The van der Waals surface area contributed by atoms with Crippen LogP contribution in [0.15, 0.2) is 29.3 Å². The summed E-state index contributed by atoms with van der Waals surface area (Å²) in [5, 5.41) is 6.04. The van der Waals surface area contributed by atoms with Crippen molar-refractivity contribution in [3.8, 4) is 5.75 Å². The molecule has 1 amide bonds. The van der Waals surface area contributed by atoms with Gasteiger partial charge in [-0.05, 0) is 6.07 Å². The number of aliphatic imine (C=N–C) groups is 1. The molecule has 0 saturated carbocycles. The molecule has 12 heteroatoms. The zero-order valence-corrected chi connectivity index (χ0v) is 19.9. The molecule has 31 heavy (non-hydrogen) atoms. The Kier molecular flexibility index (Phi) is 11.9. The molecule has 0 bridgehead atoms. The molecular weight excluding hydrogens is 530 g/mol. The molecule has 176 valence electrons. The van der Waals surface area contributed by atoms with Crippen molar-refractivity contribution in [2.45, 2.75) is 12.9 Å². The molecule has 0 radical (unpaired) electrons. The molecule has 1 aliphatic heterocycles. The fourth-order valence-electron chi connectivity index (χ4n) is 2.67. The van der Waals surface area contributed by atoms with Crippen LogP contribution in [0, 0.1) is 0 Å². The smallest absolute Gasteiger partial charge is 0.405 e. The number of morpholine rings is 1. The number of hydrogen-bond donors (Lipinski definition) is 2. The lowest BCUT2D eigenvalue weighted by atomic mass is 10.2. The fourth-order valence-corrected chi connectivity index (χ4v) is 2.67. The highest BCUT2D eigenvalue weighted by Crippen LogP contribution is 2.26. The highest BCUT2D eigenvalue weighted by molar-refractivity contribution is 14.0. The molecule has 0 atom stereocenters. The van der Waals surface area contributed by atoms with E-state index in [1.165, 1.54) is 23.1 Å². The van der Waals surface area contributed by atoms with Crippen LogP contribution >= 0.6 is 24.0 Å². The van der Waals surface area contributed by atoms with Crippen LogP contribution < -0.4 is 15.4 Å². The number of para-hydroxylation sites is 1. The minimum Gasteiger partial charge on any atom is -0.405 e. The number of alkyl halides is 3. The molecule has 1 aromatic rings. The van der Waals surface area contributed by atoms with E-state index in [1.807, 2.05) is 0 Å². The molecule has 0 aromatic heterocycles. The maximum absolute atomic E-state index is 12.6. The van der Waals surface area contributed by atoms with Crippen molar-refractivity contribution < 1.29 is 27.4 Å². The van der Waals surface area contributed by atoms with Crippen LogP contribution in [0.3, 0.4) is 0 Å². The van der Waals surface area contributed by atoms with E-state index in [0.29, 0.717) is 25.7 Å². The summed E-state index contributed by atoms with van der Waals surface area (Å²) >= 11 is 0. The summed E-state index contributed by atoms with van der Waals surface area (Å²) in [4.78, 5) is 19.9. The maximum Gasteiger partial charge on any atom is 0.573 e. The van der Waals surface area contributed by atoms with Crippen molar-refractivity contribution in [3.05, 3.63) is 29.8 Å². The van der Waals surface area contributed by atoms with Crippen LogP contribution in [0.1, 0.15) is 5.56 Å². The number of carbonyl (C=O) groups is 1. The predicted octanol–water partition coefficient (Wildman–Crippen LogP) is 1.66. The van der Waals surface area contributed by atoms with Crippen molar-refractivity contribution in [2.75, 3.05) is 60.0 Å². The van der Waals surface area contributed by atoms with Gasteiger partial charge in [-0.2, -0.15) is 0 Å². The molecule has 1 fully saturated rings. The van der Waals surface area contributed by atoms with Gasteiger partial charge in [0.05, 0.1) is 26.3 Å². The zero-order chi connectivity index (χ0) is 22.0. The molecule has 0 aliphatic carbocycles. The zero-order valence-electron chi connectivity index (χ0n) is 17.6. The molecule has 0 unspecified atom stereocenters. The van der Waals surface area contributed by atoms with Crippen LogP contribution in [0.4, 0.5) is 13.2 Å². The van der Waals surface area contributed by atoms with Gasteiger partial charge in [0.15, 0.2) is 5.96 Å². The standard InChI is InChI=1S/C19H28F3N5O3.HI/c1-26(2)17(28)14-25-18(23-7-8-27-9-11-29-12-10-27)24-13-15-5-3-4-6-16(15)30-19(20,21)22;/h3-6H,7-14H2,1-2H3,(H2,23,24,25);1H. The Morgan fingerprint density at radius 1 is 1.23 bits per heavy atom. The van der Waals surface area contributed by atoms with Crippen LogP contribution in [0.2, 0.25) is 0 Å². The summed E-state index contributed by atoms with van der Waals surface area (Å²) in [6.07, 6.45) is -4.78. The number of nitrogens with zero attached hydrogens (tertiary/aromatic N) is 3. The first-order valence-corrected chi connectivity index (χ1v) is 9.60. The van der Waals surface area contributed by atoms with Crippen molar-refractivity contribution in [3.63, 3.8) is 0 Å². The first kappa shape index (κ1) is 27.2. The third kappa shape index (κ3) is 10.9. The lowest BCUT2D eigenvalue weighted by molar-refractivity contribution is -0.274. The van der Waals surface area contributed by atoms with Crippen LogP contribution in [0.5, 0.6) is 5.75 Å². The lowest BCUT2D eigenvalue weighted by Crippen LogP contribution is -2.46. The van der Waals surface area contributed by atoms with Crippen molar-refractivity contribution in [2.24, 2.45) is 4.99 Å². The Morgan fingerprint density at radius 2 is 1.90 bits per heavy atom. The number of amides is 1. The van der Waals surface area contributed by atoms with E-state index in [0.717, 1.165) is 19.6 Å². The van der Waals surface area contributed by atoms with E-state index in [1.54, 1.807) is 20.2 Å². The van der Waals surface area contributed by atoms with E-state index >= 15 is 0 Å². The molecule has 2 rings (SSSR count). The third-order valence-electron chi connectivity index (χ3n) is 4.34. The van der Waals surface area contributed by atoms with Crippen molar-refractivity contribution in [1.29, 1.82) is 0 Å². The first-order chi connectivity index (χ1) is 14.2. The number of ether oxygens (including phenoxy) is 2. The first-order valence-electron chi connectivity index (χ1n) is 9.60. The van der Waals surface area contributed by atoms with Gasteiger partial charge >= 0.3 is 6.36 Å². The summed E-state index contributed by atoms with van der Waals surface area (Å²) in [7, 11) is 3.27. The molecule has 0 spiro atoms. The number of rotatable bonds is 8. The number of likely N-dealkylation sites (N-methyl/N-ethyl adjacent to an activating group) is 1. The summed E-state index contributed by atoms with van der Waals surface area (Å²) in [5.74, 6) is -0.121. The van der Waals surface area contributed by atoms with Gasteiger partial charge in [-0.15, -0.1) is 37.1 Å². The second kappa shape index (κ2) is 13.6. The molecule has 1 saturated heterocycles. The lowest BCUT2D eigenvalue weighted by Gasteiger charge is -2.26. The van der Waals surface area contributed by atoms with Crippen LogP contribution in [-0.4, -0.2) is 88.1 Å². The Morgan fingerprint density at radius 3 is 2.55 bits per heavy atom. The number of benzene rings is 1. The van der Waals surface area contributed by atoms with Gasteiger partial charge < -0.3 is 25.0 Å². The second-order valence-electron chi connectivity index (χ2n) is 6.84. The minimum atomic E-state index is -4.78. The van der Waals surface area contributed by atoms with E-state index in [2.05, 4.69) is 25.3 Å². The summed E-state index contributed by atoms with van der Waals surface area (Å²) in [5.41, 5.74) is 0.281. The van der Waals surface area contributed by atoms with E-state index in [9.17, 15) is 18.0 Å². The molecule has 1 aliphatic rings. The summed E-state index contributed by atoms with van der Waals surface area (Å²) < 4.78 is 47.2. The van der Waals surface area contributed by atoms with Crippen molar-refractivity contribution in [1.82, 2.24) is 20.4 Å². The largest absolute Gasteiger partial charge is 0.573 e. The van der Waals surface area contributed by atoms with Gasteiger partial charge in [0.25, 0.3) is 0 Å². The fraction of sp³-hybridized carbons (Fsp3) is 0.579. The highest BCUT2D eigenvalue weighted by atomic mass is 127. The van der Waals surface area contributed by atoms with E-state index in [4.69, 9.17) is 4.74 Å². The van der Waals surface area contributed by atoms with Crippen LogP contribution in [-0.2, 0) is 16.1 Å². The predicted molar refractivity (Wildman–Crippen MR) is 122 cm³/mol. The topological polar surface area (TPSA) is 78.4 Å². The number of guanidine groups is 1. The quantitative estimate of drug-likeness (QED) is 0.287. The maximum atomic E-state index is 12.6. The number of halogens is 4. The normalized spacial score (nSPS) is 15.1. The average Bonchev–Trinajstić information content (AvgIpc) is 2.70. The van der Waals surface area contributed by atoms with E-state index in [-0.39, 0.29) is 54.3 Å². The number of carbonyl (C=O) groups excluding carboxylic acids is 1. The van der Waals surface area contributed by atoms with Gasteiger partial charge in [-0.25, -0.2) is 4.99 Å². The summed E-state index contributed by atoms with van der Waals surface area (Å²) in [6, 6.07) is 5.83. The second-order valence-corrected chi connectivity index (χ2v) is 6.84. The Labute approximate surface area is 197 Å². The van der Waals surface area contributed by atoms with Gasteiger partial charge in [0.1, 0.15) is 5.75 Å². The van der Waals surface area contributed by atoms with Gasteiger partial charge in [0.2, 0.25) is 5.91 Å². The van der Waals surface area contributed by atoms with Gasteiger partial charge in [-0.1, -0.05) is 18.2 Å². The van der Waals surface area contributed by atoms with E-state index < -0.39 is 6.36 Å². The van der Waals surface area contributed by atoms with Crippen LogP contribution in [0.25, 0.3) is 0 Å². The number of nitrogens with one attached hydrogen (secondary N) is 2. The highest BCUT2D eigenvalue weighted by Gasteiger charge is 2.31. The SMILES string of the molecule is CN(C)C(=O)CNC(=NCc1ccccc1OC(F)(F)F)NCCN1CCOCC1.I. The molecule has 1 heterocycles. The Balaban J connectivity index is 0.00000480. The monoisotopic (exact) mass is 559 g/mol. The molecular formula is C19H29F3IN5O3. The van der Waals surface area contributed by atoms with Crippen molar-refractivity contribution >= 4 is 35.8 Å². The molecule has 2 N–H and O–H groups in total. The van der Waals surface area contributed by atoms with Gasteiger partial charge in [0, 0.05) is 45.8 Å². The Bertz CT molecular complexity index is 713. The molecule has 8 nitrogen and oxygen atoms in total.